The summed E-state index contributed by atoms with van der Waals surface area (Å²) in [6.45, 7) is 7.86. The second-order valence-corrected chi connectivity index (χ2v) is 8.87. The molecule has 0 aliphatic heterocycles. The number of methoxy groups -OCH3 is 1. The Kier molecular flexibility index (Phi) is 6.79. The van der Waals surface area contributed by atoms with Gasteiger partial charge in [0, 0.05) is 5.92 Å². The maximum absolute atomic E-state index is 12.5. The van der Waals surface area contributed by atoms with E-state index in [-0.39, 0.29) is 17.9 Å². The molecule has 0 aromatic heterocycles. The highest BCUT2D eigenvalue weighted by atomic mass is 31.2. The molecule has 1 aliphatic carbocycles. The molecule has 1 aromatic rings. The van der Waals surface area contributed by atoms with E-state index in [1.807, 2.05) is 27.7 Å². The van der Waals surface area contributed by atoms with Crippen LogP contribution in [0, 0.1) is 11.3 Å². The van der Waals surface area contributed by atoms with Crippen molar-refractivity contribution in [3.63, 3.8) is 0 Å². The van der Waals surface area contributed by atoms with Gasteiger partial charge in [0.05, 0.1) is 13.7 Å². The van der Waals surface area contributed by atoms with Gasteiger partial charge in [0.15, 0.2) is 12.1 Å². The molecule has 150 valence electrons. The first kappa shape index (κ1) is 21.5. The van der Waals surface area contributed by atoms with E-state index in [2.05, 4.69) is 0 Å². The van der Waals surface area contributed by atoms with E-state index in [4.69, 9.17) is 14.0 Å². The van der Waals surface area contributed by atoms with Crippen LogP contribution in [0.4, 0.5) is 0 Å². The number of ether oxygens (including phenoxy) is 2. The van der Waals surface area contributed by atoms with E-state index >= 15 is 0 Å². The molecule has 0 radical (unpaired) electrons. The molecule has 1 aromatic carbocycles. The van der Waals surface area contributed by atoms with Crippen LogP contribution in [0.2, 0.25) is 0 Å². The third kappa shape index (κ3) is 4.57. The van der Waals surface area contributed by atoms with Crippen molar-refractivity contribution < 1.29 is 28.6 Å². The zero-order valence-electron chi connectivity index (χ0n) is 16.6. The molecule has 2 atom stereocenters. The van der Waals surface area contributed by atoms with Crippen LogP contribution < -0.4 is 4.52 Å². The third-order valence-electron chi connectivity index (χ3n) is 5.13. The van der Waals surface area contributed by atoms with Crippen molar-refractivity contribution in [1.82, 2.24) is 0 Å². The van der Waals surface area contributed by atoms with Crippen molar-refractivity contribution in [3.05, 3.63) is 53.0 Å². The van der Waals surface area contributed by atoms with Gasteiger partial charge in [-0.2, -0.15) is 0 Å². The minimum Gasteiger partial charge on any atom is -0.493 e. The van der Waals surface area contributed by atoms with Gasteiger partial charge in [-0.3, -0.25) is 0 Å². The standard InChI is InChI=1S/C20H29O6P/c1-6-16-19(18(24-5)14(2)17(12-21)20(16,3)4)25-13-27(22,23)26-15-10-8-7-9-11-15/h7-11,16,21H,6,12-13H2,1-5H3,(H,22,23)/t16-/m0/s1. The normalized spacial score (nSPS) is 21.7. The molecule has 2 rings (SSSR count). The molecule has 0 saturated heterocycles. The molecule has 0 saturated carbocycles. The lowest BCUT2D eigenvalue weighted by Crippen LogP contribution is -2.35. The minimum absolute atomic E-state index is 0.0783. The second kappa shape index (κ2) is 8.51. The molecule has 7 heteroatoms. The van der Waals surface area contributed by atoms with Crippen LogP contribution in [-0.2, 0) is 14.0 Å². The van der Waals surface area contributed by atoms with Gasteiger partial charge in [-0.25, -0.2) is 4.57 Å². The molecule has 6 nitrogen and oxygen atoms in total. The van der Waals surface area contributed by atoms with Gasteiger partial charge in [0.1, 0.15) is 11.5 Å². The lowest BCUT2D eigenvalue weighted by atomic mass is 9.66. The fraction of sp³-hybridized carbons (Fsp3) is 0.500. The summed E-state index contributed by atoms with van der Waals surface area (Å²) >= 11 is 0. The third-order valence-corrected chi connectivity index (χ3v) is 6.08. The summed E-state index contributed by atoms with van der Waals surface area (Å²) < 4.78 is 29.1. The predicted molar refractivity (Wildman–Crippen MR) is 104 cm³/mol. The number of para-hydroxylation sites is 1. The molecule has 0 fully saturated rings. The number of allylic oxidation sites excluding steroid dienone is 2. The summed E-state index contributed by atoms with van der Waals surface area (Å²) in [5.41, 5.74) is 1.30. The largest absolute Gasteiger partial charge is 0.493 e. The number of benzene rings is 1. The monoisotopic (exact) mass is 396 g/mol. The SMILES string of the molecule is CC[C@H]1C(OCP(=O)(O)Oc2ccccc2)=C(OC)C(C)=C(CO)C1(C)C. The van der Waals surface area contributed by atoms with Crippen LogP contribution in [-0.4, -0.2) is 30.1 Å². The van der Waals surface area contributed by atoms with Gasteiger partial charge < -0.3 is 24.0 Å². The topological polar surface area (TPSA) is 85.2 Å². The van der Waals surface area contributed by atoms with Gasteiger partial charge in [-0.15, -0.1) is 0 Å². The highest BCUT2D eigenvalue weighted by molar-refractivity contribution is 7.53. The molecule has 0 spiro atoms. The average Bonchev–Trinajstić information content (AvgIpc) is 2.60. The van der Waals surface area contributed by atoms with Crippen molar-refractivity contribution >= 4 is 7.60 Å². The molecule has 1 aliphatic rings. The van der Waals surface area contributed by atoms with Gasteiger partial charge in [-0.1, -0.05) is 39.0 Å². The highest BCUT2D eigenvalue weighted by Gasteiger charge is 2.43. The number of hydrogen-bond acceptors (Lipinski definition) is 5. The molecule has 2 N–H and O–H groups in total. The second-order valence-electron chi connectivity index (χ2n) is 7.16. The van der Waals surface area contributed by atoms with Gasteiger partial charge in [-0.05, 0) is 42.0 Å². The molecule has 1 unspecified atom stereocenters. The fourth-order valence-electron chi connectivity index (χ4n) is 3.76. The summed E-state index contributed by atoms with van der Waals surface area (Å²) in [5.74, 6) is 1.23. The first-order valence-electron chi connectivity index (χ1n) is 8.96. The van der Waals surface area contributed by atoms with Crippen molar-refractivity contribution in [2.45, 2.75) is 34.1 Å². The van der Waals surface area contributed by atoms with E-state index in [1.54, 1.807) is 30.3 Å². The molecule has 0 bridgehead atoms. The van der Waals surface area contributed by atoms with Crippen molar-refractivity contribution in [2.75, 3.05) is 20.1 Å². The molecular weight excluding hydrogens is 367 g/mol. The van der Waals surface area contributed by atoms with Crippen molar-refractivity contribution in [1.29, 1.82) is 0 Å². The summed E-state index contributed by atoms with van der Waals surface area (Å²) in [6.07, 6.45) is 0.236. The fourth-order valence-corrected chi connectivity index (χ4v) is 4.57. The van der Waals surface area contributed by atoms with E-state index < -0.39 is 13.9 Å². The van der Waals surface area contributed by atoms with Crippen LogP contribution in [0.5, 0.6) is 5.75 Å². The zero-order chi connectivity index (χ0) is 20.2. The number of aliphatic hydroxyl groups is 1. The summed E-state index contributed by atoms with van der Waals surface area (Å²) in [4.78, 5) is 10.2. The van der Waals surface area contributed by atoms with Crippen LogP contribution in [0.1, 0.15) is 34.1 Å². The highest BCUT2D eigenvalue weighted by Crippen LogP contribution is 2.51. The Hall–Kier alpha value is -1.75. The smallest absolute Gasteiger partial charge is 0.413 e. The minimum atomic E-state index is -4.02. The van der Waals surface area contributed by atoms with Crippen LogP contribution in [0.15, 0.2) is 53.0 Å². The average molecular weight is 396 g/mol. The Bertz CT molecular complexity index is 766. The Labute approximate surface area is 161 Å². The molecule has 0 amide bonds. The van der Waals surface area contributed by atoms with Gasteiger partial charge >= 0.3 is 7.60 Å². The predicted octanol–water partition coefficient (Wildman–Crippen LogP) is 4.46. The Morgan fingerprint density at radius 3 is 2.37 bits per heavy atom. The Morgan fingerprint density at radius 1 is 1.22 bits per heavy atom. The number of rotatable bonds is 8. The zero-order valence-corrected chi connectivity index (χ0v) is 17.5. The number of aliphatic hydroxyl groups excluding tert-OH is 1. The van der Waals surface area contributed by atoms with Crippen LogP contribution in [0.25, 0.3) is 0 Å². The Morgan fingerprint density at radius 2 is 1.85 bits per heavy atom. The first-order chi connectivity index (χ1) is 12.7. The lowest BCUT2D eigenvalue weighted by Gasteiger charge is -2.42. The first-order valence-corrected chi connectivity index (χ1v) is 10.7. The Balaban J connectivity index is 2.31. The van der Waals surface area contributed by atoms with Crippen LogP contribution in [0.3, 0.4) is 0 Å². The van der Waals surface area contributed by atoms with Crippen LogP contribution >= 0.6 is 7.60 Å². The molecule has 0 heterocycles. The molecular formula is C20H29O6P. The van der Waals surface area contributed by atoms with Crippen molar-refractivity contribution in [3.8, 4) is 5.75 Å². The maximum atomic E-state index is 12.5. The summed E-state index contributed by atoms with van der Waals surface area (Å²) in [6, 6.07) is 8.47. The van der Waals surface area contributed by atoms with Gasteiger partial charge in [0.25, 0.3) is 0 Å². The quantitative estimate of drug-likeness (QED) is 0.631. The summed E-state index contributed by atoms with van der Waals surface area (Å²) in [5, 5.41) is 9.85. The van der Waals surface area contributed by atoms with Gasteiger partial charge in [0.2, 0.25) is 0 Å². The van der Waals surface area contributed by atoms with Crippen molar-refractivity contribution in [2.24, 2.45) is 11.3 Å². The lowest BCUT2D eigenvalue weighted by molar-refractivity contribution is 0.108. The maximum Gasteiger partial charge on any atom is 0.413 e. The number of hydrogen-bond donors (Lipinski definition) is 2. The van der Waals surface area contributed by atoms with E-state index in [0.29, 0.717) is 17.3 Å². The molecule has 27 heavy (non-hydrogen) atoms. The summed E-state index contributed by atoms with van der Waals surface area (Å²) in [7, 11) is -2.49. The van der Waals surface area contributed by atoms with E-state index in [1.165, 1.54) is 7.11 Å². The van der Waals surface area contributed by atoms with E-state index in [9.17, 15) is 14.6 Å². The van der Waals surface area contributed by atoms with E-state index in [0.717, 1.165) is 17.6 Å².